The molecule has 2 heterocycles. The predicted octanol–water partition coefficient (Wildman–Crippen LogP) is 2.10. The van der Waals surface area contributed by atoms with E-state index in [4.69, 9.17) is 0 Å². The first-order valence-electron chi connectivity index (χ1n) is 8.44. The molecule has 0 bridgehead atoms. The van der Waals surface area contributed by atoms with Crippen LogP contribution in [0.5, 0.6) is 0 Å². The molecule has 0 fully saturated rings. The topological polar surface area (TPSA) is 64.3 Å². The van der Waals surface area contributed by atoms with Gasteiger partial charge in [-0.15, -0.1) is 0 Å². The van der Waals surface area contributed by atoms with Gasteiger partial charge in [0.2, 0.25) is 4.96 Å². The number of allylic oxidation sites excluding steroid dienone is 2. The summed E-state index contributed by atoms with van der Waals surface area (Å²) in [6.07, 6.45) is 9.39. The molecule has 1 aromatic carbocycles. The maximum absolute atomic E-state index is 13.0. The van der Waals surface area contributed by atoms with Crippen LogP contribution in [0.2, 0.25) is 0 Å². The molecule has 2 aromatic heterocycles. The zero-order valence-corrected chi connectivity index (χ0v) is 14.7. The minimum atomic E-state index is -0.456. The van der Waals surface area contributed by atoms with E-state index in [0.29, 0.717) is 15.4 Å². The van der Waals surface area contributed by atoms with E-state index in [1.807, 2.05) is 6.08 Å². The fourth-order valence-electron chi connectivity index (χ4n) is 3.04. The smallest absolute Gasteiger partial charge is 0.266 e. The second-order valence-electron chi connectivity index (χ2n) is 6.34. The van der Waals surface area contributed by atoms with Crippen molar-refractivity contribution in [3.63, 3.8) is 0 Å². The summed E-state index contributed by atoms with van der Waals surface area (Å²) in [4.78, 5) is 29.2. The average Bonchev–Trinajstić information content (AvgIpc) is 2.93. The Morgan fingerprint density at radius 1 is 1.23 bits per heavy atom. The Kier molecular flexibility index (Phi) is 4.46. The van der Waals surface area contributed by atoms with Gasteiger partial charge in [0.1, 0.15) is 11.5 Å². The molecular formula is C19H16FN3O2S. The summed E-state index contributed by atoms with van der Waals surface area (Å²) >= 11 is 1.20. The lowest BCUT2D eigenvalue weighted by molar-refractivity contribution is 0.612. The van der Waals surface area contributed by atoms with E-state index in [2.05, 4.69) is 22.2 Å². The van der Waals surface area contributed by atoms with Gasteiger partial charge in [-0.05, 0) is 42.9 Å². The Balaban J connectivity index is 1.74. The molecule has 0 N–H and O–H groups in total. The minimum Gasteiger partial charge on any atom is -0.266 e. The van der Waals surface area contributed by atoms with Gasteiger partial charge in [-0.1, -0.05) is 41.7 Å². The first kappa shape index (κ1) is 16.8. The number of hydrogen-bond donors (Lipinski definition) is 0. The molecule has 1 unspecified atom stereocenters. The van der Waals surface area contributed by atoms with Crippen molar-refractivity contribution in [2.75, 3.05) is 0 Å². The normalized spacial score (nSPS) is 17.9. The van der Waals surface area contributed by atoms with Crippen LogP contribution in [0.3, 0.4) is 0 Å². The van der Waals surface area contributed by atoms with Crippen molar-refractivity contribution >= 4 is 22.4 Å². The number of halogens is 1. The molecule has 1 atom stereocenters. The molecular weight excluding hydrogens is 353 g/mol. The van der Waals surface area contributed by atoms with Crippen LogP contribution in [0, 0.1) is 11.7 Å². The molecule has 0 amide bonds. The molecule has 0 spiro atoms. The Morgan fingerprint density at radius 3 is 2.77 bits per heavy atom. The van der Waals surface area contributed by atoms with E-state index in [0.717, 1.165) is 24.8 Å². The van der Waals surface area contributed by atoms with Crippen molar-refractivity contribution in [1.29, 1.82) is 0 Å². The van der Waals surface area contributed by atoms with Gasteiger partial charge in [-0.2, -0.15) is 14.6 Å². The number of fused-ring (bicyclic) bond motifs is 1. The zero-order valence-electron chi connectivity index (χ0n) is 13.9. The largest absolute Gasteiger partial charge is 0.296 e. The summed E-state index contributed by atoms with van der Waals surface area (Å²) in [5.41, 5.74) is 0.215. The zero-order chi connectivity index (χ0) is 18.1. The number of thiazole rings is 1. The standard InChI is InChI=1S/C19H16FN3O2S/c20-14-8-6-13(7-9-14)10-15-17(24)21-19-23(22-15)18(25)16(26-19)11-12-4-2-1-3-5-12/h1-2,6-9,11-12H,3-5,10H2. The number of benzene rings is 1. The van der Waals surface area contributed by atoms with Crippen LogP contribution in [0.1, 0.15) is 30.5 Å². The van der Waals surface area contributed by atoms with Gasteiger partial charge >= 0.3 is 0 Å². The molecule has 1 aliphatic rings. The highest BCUT2D eigenvalue weighted by Gasteiger charge is 2.13. The fourth-order valence-corrected chi connectivity index (χ4v) is 4.01. The lowest BCUT2D eigenvalue weighted by Crippen LogP contribution is -2.28. The number of aromatic nitrogens is 3. The molecule has 1 aliphatic carbocycles. The molecule has 26 heavy (non-hydrogen) atoms. The third-order valence-corrected chi connectivity index (χ3v) is 5.41. The Morgan fingerprint density at radius 2 is 2.04 bits per heavy atom. The molecule has 7 heteroatoms. The average molecular weight is 369 g/mol. The van der Waals surface area contributed by atoms with Gasteiger partial charge in [0, 0.05) is 6.42 Å². The Labute approximate surface area is 152 Å². The predicted molar refractivity (Wildman–Crippen MR) is 98.8 cm³/mol. The first-order chi connectivity index (χ1) is 12.6. The Bertz CT molecular complexity index is 1150. The van der Waals surface area contributed by atoms with E-state index in [1.54, 1.807) is 12.1 Å². The van der Waals surface area contributed by atoms with Crippen molar-refractivity contribution in [2.45, 2.75) is 25.7 Å². The number of hydrogen-bond acceptors (Lipinski definition) is 5. The molecule has 0 aliphatic heterocycles. The van der Waals surface area contributed by atoms with Gasteiger partial charge < -0.3 is 0 Å². The van der Waals surface area contributed by atoms with Gasteiger partial charge in [0.15, 0.2) is 0 Å². The van der Waals surface area contributed by atoms with E-state index >= 15 is 0 Å². The molecule has 5 nitrogen and oxygen atoms in total. The summed E-state index contributed by atoms with van der Waals surface area (Å²) in [5, 5.41) is 4.22. The second-order valence-corrected chi connectivity index (χ2v) is 7.35. The lowest BCUT2D eigenvalue weighted by atomic mass is 9.94. The van der Waals surface area contributed by atoms with Crippen LogP contribution >= 0.6 is 11.3 Å². The molecule has 3 aromatic rings. The lowest BCUT2D eigenvalue weighted by Gasteiger charge is -2.11. The van der Waals surface area contributed by atoms with Crippen LogP contribution < -0.4 is 15.7 Å². The molecule has 0 radical (unpaired) electrons. The summed E-state index contributed by atoms with van der Waals surface area (Å²) < 4.78 is 14.8. The van der Waals surface area contributed by atoms with Crippen molar-refractivity contribution < 1.29 is 4.39 Å². The van der Waals surface area contributed by atoms with Crippen LogP contribution in [0.4, 0.5) is 4.39 Å². The highest BCUT2D eigenvalue weighted by atomic mass is 32.1. The maximum atomic E-state index is 13.0. The van der Waals surface area contributed by atoms with Crippen molar-refractivity contribution in [3.05, 3.63) is 78.7 Å². The van der Waals surface area contributed by atoms with Gasteiger partial charge in [-0.25, -0.2) is 4.39 Å². The molecule has 0 saturated heterocycles. The quantitative estimate of drug-likeness (QED) is 0.663. The van der Waals surface area contributed by atoms with E-state index < -0.39 is 5.56 Å². The summed E-state index contributed by atoms with van der Waals surface area (Å²) in [6.45, 7) is 0. The third-order valence-electron chi connectivity index (χ3n) is 4.43. The van der Waals surface area contributed by atoms with E-state index in [1.165, 1.54) is 28.0 Å². The van der Waals surface area contributed by atoms with Gasteiger partial charge in [0.25, 0.3) is 11.1 Å². The SMILES string of the molecule is O=c1nc2sc(=CC3CC=CCC3)c(=O)n2nc1Cc1ccc(F)cc1. The summed E-state index contributed by atoms with van der Waals surface area (Å²) in [6, 6.07) is 5.84. The molecule has 4 rings (SSSR count). The van der Waals surface area contributed by atoms with Crippen molar-refractivity contribution in [2.24, 2.45) is 5.92 Å². The first-order valence-corrected chi connectivity index (χ1v) is 9.26. The van der Waals surface area contributed by atoms with E-state index in [-0.39, 0.29) is 23.5 Å². The van der Waals surface area contributed by atoms with Crippen LogP contribution in [-0.4, -0.2) is 14.6 Å². The monoisotopic (exact) mass is 369 g/mol. The number of rotatable bonds is 3. The fraction of sp³-hybridized carbons (Fsp3) is 0.263. The van der Waals surface area contributed by atoms with Crippen LogP contribution in [0.25, 0.3) is 11.0 Å². The highest BCUT2D eigenvalue weighted by molar-refractivity contribution is 7.14. The highest BCUT2D eigenvalue weighted by Crippen LogP contribution is 2.19. The van der Waals surface area contributed by atoms with Crippen molar-refractivity contribution in [1.82, 2.24) is 14.6 Å². The molecule has 0 saturated carbocycles. The van der Waals surface area contributed by atoms with E-state index in [9.17, 15) is 14.0 Å². The second kappa shape index (κ2) is 6.92. The summed E-state index contributed by atoms with van der Waals surface area (Å²) in [7, 11) is 0. The summed E-state index contributed by atoms with van der Waals surface area (Å²) in [5.74, 6) is -0.0174. The van der Waals surface area contributed by atoms with Crippen molar-refractivity contribution in [3.8, 4) is 0 Å². The van der Waals surface area contributed by atoms with Gasteiger partial charge in [-0.3, -0.25) is 9.59 Å². The molecule has 132 valence electrons. The Hall–Kier alpha value is -2.67. The minimum absolute atomic E-state index is 0.177. The number of nitrogens with zero attached hydrogens (tertiary/aromatic N) is 3. The van der Waals surface area contributed by atoms with Crippen LogP contribution in [-0.2, 0) is 6.42 Å². The maximum Gasteiger partial charge on any atom is 0.296 e. The van der Waals surface area contributed by atoms with Crippen LogP contribution in [0.15, 0.2) is 46.0 Å². The third kappa shape index (κ3) is 3.35. The van der Waals surface area contributed by atoms with Gasteiger partial charge in [0.05, 0.1) is 4.53 Å².